The van der Waals surface area contributed by atoms with E-state index >= 15 is 0 Å². The van der Waals surface area contributed by atoms with E-state index in [0.717, 1.165) is 25.5 Å². The highest BCUT2D eigenvalue weighted by atomic mass is 16.4. The number of hydrogen-bond acceptors (Lipinski definition) is 3. The molecule has 2 atom stereocenters. The molecular formula is C12H18O4. The van der Waals surface area contributed by atoms with Crippen molar-refractivity contribution in [3.63, 3.8) is 0 Å². The SMILES string of the molecule is O=CC1CCC(=O)C1CCCCCC(=O)O. The maximum absolute atomic E-state index is 11.5. The monoisotopic (exact) mass is 226 g/mol. The van der Waals surface area contributed by atoms with Gasteiger partial charge in [0.25, 0.3) is 0 Å². The molecule has 1 N–H and O–H groups in total. The summed E-state index contributed by atoms with van der Waals surface area (Å²) in [5.74, 6) is -0.757. The molecular weight excluding hydrogens is 208 g/mol. The van der Waals surface area contributed by atoms with Crippen LogP contribution < -0.4 is 0 Å². The lowest BCUT2D eigenvalue weighted by Gasteiger charge is -2.11. The molecule has 2 unspecified atom stereocenters. The van der Waals surface area contributed by atoms with E-state index in [1.165, 1.54) is 0 Å². The molecule has 1 rings (SSSR count). The van der Waals surface area contributed by atoms with Crippen LogP contribution in [0.25, 0.3) is 0 Å². The number of aldehydes is 1. The van der Waals surface area contributed by atoms with Crippen LogP contribution in [-0.4, -0.2) is 23.1 Å². The zero-order chi connectivity index (χ0) is 12.0. The molecule has 0 aliphatic heterocycles. The Kier molecular flexibility index (Phi) is 5.15. The van der Waals surface area contributed by atoms with Gasteiger partial charge in [-0.1, -0.05) is 12.8 Å². The van der Waals surface area contributed by atoms with Crippen molar-refractivity contribution in [2.45, 2.75) is 44.9 Å². The predicted molar refractivity (Wildman–Crippen MR) is 58.0 cm³/mol. The Morgan fingerprint density at radius 1 is 1.38 bits per heavy atom. The molecule has 16 heavy (non-hydrogen) atoms. The van der Waals surface area contributed by atoms with Gasteiger partial charge in [0.15, 0.2) is 0 Å². The number of carbonyl (C=O) groups is 3. The Labute approximate surface area is 95.0 Å². The third kappa shape index (κ3) is 3.76. The standard InChI is InChI=1S/C12H18O4/c13-8-9-6-7-11(14)10(9)4-2-1-3-5-12(15)16/h8-10H,1-7H2,(H,15,16). The van der Waals surface area contributed by atoms with Gasteiger partial charge in [0.2, 0.25) is 0 Å². The molecule has 0 aromatic heterocycles. The number of aliphatic carboxylic acids is 1. The van der Waals surface area contributed by atoms with Crippen LogP contribution in [0, 0.1) is 11.8 Å². The summed E-state index contributed by atoms with van der Waals surface area (Å²) in [5.41, 5.74) is 0. The largest absolute Gasteiger partial charge is 0.481 e. The molecule has 1 aliphatic rings. The molecule has 4 nitrogen and oxygen atoms in total. The molecule has 1 saturated carbocycles. The first-order chi connectivity index (χ1) is 7.65. The van der Waals surface area contributed by atoms with Crippen molar-refractivity contribution in [2.24, 2.45) is 11.8 Å². The Morgan fingerprint density at radius 3 is 2.75 bits per heavy atom. The zero-order valence-corrected chi connectivity index (χ0v) is 9.35. The van der Waals surface area contributed by atoms with Gasteiger partial charge in [-0.25, -0.2) is 0 Å². The fourth-order valence-corrected chi connectivity index (χ4v) is 2.29. The van der Waals surface area contributed by atoms with Crippen LogP contribution >= 0.6 is 0 Å². The van der Waals surface area contributed by atoms with Gasteiger partial charge in [-0.05, 0) is 19.3 Å². The maximum Gasteiger partial charge on any atom is 0.303 e. The van der Waals surface area contributed by atoms with Crippen molar-refractivity contribution in [1.29, 1.82) is 0 Å². The van der Waals surface area contributed by atoms with E-state index in [-0.39, 0.29) is 24.0 Å². The van der Waals surface area contributed by atoms with Crippen LogP contribution in [0.3, 0.4) is 0 Å². The van der Waals surface area contributed by atoms with Crippen LogP contribution in [0.4, 0.5) is 0 Å². The van der Waals surface area contributed by atoms with E-state index in [1.54, 1.807) is 0 Å². The van der Waals surface area contributed by atoms with Gasteiger partial charge in [0, 0.05) is 24.7 Å². The molecule has 0 saturated heterocycles. The average molecular weight is 226 g/mol. The first-order valence-corrected chi connectivity index (χ1v) is 5.85. The summed E-state index contributed by atoms with van der Waals surface area (Å²) in [6, 6.07) is 0. The summed E-state index contributed by atoms with van der Waals surface area (Å²) in [6.45, 7) is 0. The minimum absolute atomic E-state index is 0.0908. The summed E-state index contributed by atoms with van der Waals surface area (Å²) < 4.78 is 0. The average Bonchev–Trinajstić information content (AvgIpc) is 2.59. The third-order valence-electron chi connectivity index (χ3n) is 3.24. The van der Waals surface area contributed by atoms with Gasteiger partial charge in [0.1, 0.15) is 12.1 Å². The summed E-state index contributed by atoms with van der Waals surface area (Å²) in [7, 11) is 0. The molecule has 0 aromatic rings. The molecule has 0 radical (unpaired) electrons. The second-order valence-electron chi connectivity index (χ2n) is 4.40. The lowest BCUT2D eigenvalue weighted by atomic mass is 9.91. The normalized spacial score (nSPS) is 24.6. The fraction of sp³-hybridized carbons (Fsp3) is 0.750. The van der Waals surface area contributed by atoms with E-state index in [0.29, 0.717) is 19.3 Å². The van der Waals surface area contributed by atoms with Gasteiger partial charge in [-0.3, -0.25) is 9.59 Å². The zero-order valence-electron chi connectivity index (χ0n) is 9.35. The third-order valence-corrected chi connectivity index (χ3v) is 3.24. The fourth-order valence-electron chi connectivity index (χ4n) is 2.29. The second-order valence-corrected chi connectivity index (χ2v) is 4.40. The number of ketones is 1. The van der Waals surface area contributed by atoms with Crippen molar-refractivity contribution in [3.05, 3.63) is 0 Å². The van der Waals surface area contributed by atoms with E-state index in [2.05, 4.69) is 0 Å². The minimum atomic E-state index is -0.775. The van der Waals surface area contributed by atoms with Crippen molar-refractivity contribution < 1.29 is 19.5 Å². The van der Waals surface area contributed by atoms with Gasteiger partial charge in [0.05, 0.1) is 0 Å². The second kappa shape index (κ2) is 6.40. The van der Waals surface area contributed by atoms with Crippen LogP contribution in [0.5, 0.6) is 0 Å². The number of carboxylic acids is 1. The van der Waals surface area contributed by atoms with Gasteiger partial charge in [-0.15, -0.1) is 0 Å². The Balaban J connectivity index is 2.18. The Bertz CT molecular complexity index is 272. The van der Waals surface area contributed by atoms with Crippen molar-refractivity contribution in [2.75, 3.05) is 0 Å². The molecule has 1 aliphatic carbocycles. The van der Waals surface area contributed by atoms with Crippen molar-refractivity contribution >= 4 is 18.0 Å². The van der Waals surface area contributed by atoms with Crippen molar-refractivity contribution in [3.8, 4) is 0 Å². The summed E-state index contributed by atoms with van der Waals surface area (Å²) >= 11 is 0. The van der Waals surface area contributed by atoms with Crippen LogP contribution in [0.15, 0.2) is 0 Å². The first kappa shape index (κ1) is 12.9. The smallest absolute Gasteiger partial charge is 0.303 e. The molecule has 4 heteroatoms. The summed E-state index contributed by atoms with van der Waals surface area (Å²) in [5, 5.41) is 8.45. The first-order valence-electron chi connectivity index (χ1n) is 5.85. The summed E-state index contributed by atoms with van der Waals surface area (Å²) in [6.07, 6.45) is 5.37. The number of unbranched alkanes of at least 4 members (excludes halogenated alkanes) is 2. The van der Waals surface area contributed by atoms with Crippen LogP contribution in [0.2, 0.25) is 0 Å². The van der Waals surface area contributed by atoms with E-state index in [9.17, 15) is 14.4 Å². The van der Waals surface area contributed by atoms with Gasteiger partial charge in [-0.2, -0.15) is 0 Å². The van der Waals surface area contributed by atoms with Gasteiger partial charge < -0.3 is 9.90 Å². The number of carbonyl (C=O) groups excluding carboxylic acids is 2. The Hall–Kier alpha value is -1.19. The highest BCUT2D eigenvalue weighted by Crippen LogP contribution is 2.31. The molecule has 0 heterocycles. The van der Waals surface area contributed by atoms with E-state index < -0.39 is 5.97 Å². The lowest BCUT2D eigenvalue weighted by Crippen LogP contribution is -2.15. The summed E-state index contributed by atoms with van der Waals surface area (Å²) in [4.78, 5) is 32.4. The highest BCUT2D eigenvalue weighted by Gasteiger charge is 2.33. The maximum atomic E-state index is 11.5. The number of hydrogen-bond donors (Lipinski definition) is 1. The minimum Gasteiger partial charge on any atom is -0.481 e. The van der Waals surface area contributed by atoms with Crippen LogP contribution in [0.1, 0.15) is 44.9 Å². The van der Waals surface area contributed by atoms with Gasteiger partial charge >= 0.3 is 5.97 Å². The molecule has 0 spiro atoms. The molecule has 1 fully saturated rings. The highest BCUT2D eigenvalue weighted by molar-refractivity contribution is 5.86. The van der Waals surface area contributed by atoms with E-state index in [4.69, 9.17) is 5.11 Å². The number of Topliss-reactive ketones (excluding diaryl/α,β-unsaturated/α-hetero) is 1. The molecule has 0 bridgehead atoms. The van der Waals surface area contributed by atoms with Crippen LogP contribution in [-0.2, 0) is 14.4 Å². The molecule has 0 amide bonds. The number of carboxylic acid groups (broad SMARTS) is 1. The quantitative estimate of drug-likeness (QED) is 0.531. The Morgan fingerprint density at radius 2 is 2.12 bits per heavy atom. The molecule has 0 aromatic carbocycles. The lowest BCUT2D eigenvalue weighted by molar-refractivity contribution is -0.137. The molecule has 90 valence electrons. The van der Waals surface area contributed by atoms with E-state index in [1.807, 2.05) is 0 Å². The number of rotatable bonds is 7. The topological polar surface area (TPSA) is 71.4 Å². The van der Waals surface area contributed by atoms with Crippen molar-refractivity contribution in [1.82, 2.24) is 0 Å². The predicted octanol–water partition coefficient (Wildman–Crippen LogP) is 1.82.